The third-order valence-electron chi connectivity index (χ3n) is 2.00. The van der Waals surface area contributed by atoms with E-state index in [9.17, 15) is 9.59 Å². The summed E-state index contributed by atoms with van der Waals surface area (Å²) >= 11 is 3.03. The Morgan fingerprint density at radius 2 is 1.94 bits per heavy atom. The number of hydrogen-bond acceptors (Lipinski definition) is 2. The molecule has 4 nitrogen and oxygen atoms in total. The number of alkyl halides is 1. The van der Waals surface area contributed by atoms with Gasteiger partial charge in [-0.1, -0.05) is 46.3 Å². The van der Waals surface area contributed by atoms with Gasteiger partial charge in [0.15, 0.2) is 0 Å². The highest BCUT2D eigenvalue weighted by Crippen LogP contribution is 2.00. The van der Waals surface area contributed by atoms with E-state index in [1.165, 1.54) is 0 Å². The van der Waals surface area contributed by atoms with Crippen molar-refractivity contribution in [2.75, 3.05) is 5.33 Å². The number of amides is 1. The van der Waals surface area contributed by atoms with Gasteiger partial charge in [-0.05, 0) is 5.56 Å². The SMILES string of the molecule is O=C(Cc1ccccc1)N[C@@H](CBr)C(=O)O. The molecule has 0 saturated carbocycles. The lowest BCUT2D eigenvalue weighted by Crippen LogP contribution is -2.42. The first-order valence-electron chi connectivity index (χ1n) is 4.75. The first-order chi connectivity index (χ1) is 7.63. The highest BCUT2D eigenvalue weighted by molar-refractivity contribution is 9.09. The quantitative estimate of drug-likeness (QED) is 0.799. The van der Waals surface area contributed by atoms with E-state index in [1.54, 1.807) is 0 Å². The largest absolute Gasteiger partial charge is 0.480 e. The topological polar surface area (TPSA) is 66.4 Å². The van der Waals surface area contributed by atoms with Gasteiger partial charge in [0, 0.05) is 5.33 Å². The normalized spacial score (nSPS) is 11.8. The summed E-state index contributed by atoms with van der Waals surface area (Å²) in [4.78, 5) is 22.2. The number of carboxylic acids is 1. The molecule has 0 spiro atoms. The number of carbonyl (C=O) groups is 2. The Hall–Kier alpha value is -1.36. The van der Waals surface area contributed by atoms with Crippen LogP contribution < -0.4 is 5.32 Å². The maximum atomic E-state index is 11.5. The summed E-state index contributed by atoms with van der Waals surface area (Å²) in [5, 5.41) is 11.4. The minimum Gasteiger partial charge on any atom is -0.480 e. The fourth-order valence-corrected chi connectivity index (χ4v) is 1.63. The average Bonchev–Trinajstić information content (AvgIpc) is 2.27. The van der Waals surface area contributed by atoms with Gasteiger partial charge in [-0.3, -0.25) is 4.79 Å². The van der Waals surface area contributed by atoms with E-state index in [4.69, 9.17) is 5.11 Å². The first kappa shape index (κ1) is 12.7. The molecular weight excluding hydrogens is 274 g/mol. The monoisotopic (exact) mass is 285 g/mol. The predicted molar refractivity (Wildman–Crippen MR) is 63.5 cm³/mol. The molecule has 1 aromatic rings. The van der Waals surface area contributed by atoms with E-state index in [2.05, 4.69) is 21.2 Å². The van der Waals surface area contributed by atoms with Crippen molar-refractivity contribution in [1.82, 2.24) is 5.32 Å². The molecule has 0 heterocycles. The van der Waals surface area contributed by atoms with Gasteiger partial charge in [-0.2, -0.15) is 0 Å². The zero-order valence-corrected chi connectivity index (χ0v) is 10.1. The molecule has 0 aliphatic rings. The van der Waals surface area contributed by atoms with Crippen molar-refractivity contribution in [3.8, 4) is 0 Å². The molecule has 16 heavy (non-hydrogen) atoms. The Bertz CT molecular complexity index is 367. The van der Waals surface area contributed by atoms with Crippen LogP contribution >= 0.6 is 15.9 Å². The van der Waals surface area contributed by atoms with E-state index in [0.29, 0.717) is 0 Å². The van der Waals surface area contributed by atoms with Crippen molar-refractivity contribution in [3.63, 3.8) is 0 Å². The Balaban J connectivity index is 2.50. The van der Waals surface area contributed by atoms with Crippen molar-refractivity contribution in [1.29, 1.82) is 0 Å². The van der Waals surface area contributed by atoms with Gasteiger partial charge in [0.05, 0.1) is 6.42 Å². The molecular formula is C11H12BrNO3. The van der Waals surface area contributed by atoms with Crippen LogP contribution in [0, 0.1) is 0 Å². The second kappa shape index (κ2) is 6.27. The second-order valence-corrected chi connectivity index (χ2v) is 3.92. The lowest BCUT2D eigenvalue weighted by atomic mass is 10.1. The van der Waals surface area contributed by atoms with Crippen LogP contribution in [0.25, 0.3) is 0 Å². The summed E-state index contributed by atoms with van der Waals surface area (Å²) in [5.41, 5.74) is 0.860. The molecule has 2 N–H and O–H groups in total. The number of carbonyl (C=O) groups excluding carboxylic acids is 1. The molecule has 1 rings (SSSR count). The molecule has 0 aromatic heterocycles. The van der Waals surface area contributed by atoms with E-state index in [1.807, 2.05) is 30.3 Å². The number of benzene rings is 1. The standard InChI is InChI=1S/C11H12BrNO3/c12-7-9(11(15)16)13-10(14)6-8-4-2-1-3-5-8/h1-5,9H,6-7H2,(H,13,14)(H,15,16)/t9-/m0/s1. The molecule has 0 fully saturated rings. The van der Waals surface area contributed by atoms with Crippen LogP contribution in [-0.2, 0) is 16.0 Å². The fraction of sp³-hybridized carbons (Fsp3) is 0.273. The summed E-state index contributed by atoms with van der Waals surface area (Å²) in [5.74, 6) is -1.34. The maximum absolute atomic E-state index is 11.5. The van der Waals surface area contributed by atoms with Gasteiger partial charge in [-0.25, -0.2) is 4.79 Å². The Labute approximate surface area is 102 Å². The number of halogens is 1. The molecule has 0 radical (unpaired) electrons. The Morgan fingerprint density at radius 1 is 1.31 bits per heavy atom. The molecule has 0 aliphatic carbocycles. The van der Waals surface area contributed by atoms with Crippen molar-refractivity contribution >= 4 is 27.8 Å². The number of carboxylic acid groups (broad SMARTS) is 1. The Morgan fingerprint density at radius 3 is 2.44 bits per heavy atom. The van der Waals surface area contributed by atoms with Crippen LogP contribution in [0.15, 0.2) is 30.3 Å². The zero-order valence-electron chi connectivity index (χ0n) is 8.52. The minimum atomic E-state index is -1.04. The number of aliphatic carboxylic acids is 1. The molecule has 5 heteroatoms. The summed E-state index contributed by atoms with van der Waals surface area (Å²) in [7, 11) is 0. The highest BCUT2D eigenvalue weighted by Gasteiger charge is 2.17. The van der Waals surface area contributed by atoms with Crippen LogP contribution in [0.2, 0.25) is 0 Å². The third-order valence-corrected chi connectivity index (χ3v) is 2.64. The summed E-state index contributed by atoms with van der Waals surface area (Å²) in [6, 6.07) is 8.30. The van der Waals surface area contributed by atoms with Gasteiger partial charge < -0.3 is 10.4 Å². The number of hydrogen-bond donors (Lipinski definition) is 2. The van der Waals surface area contributed by atoms with Gasteiger partial charge in [0.1, 0.15) is 6.04 Å². The molecule has 1 atom stereocenters. The summed E-state index contributed by atoms with van der Waals surface area (Å²) in [6.07, 6.45) is 0.192. The van der Waals surface area contributed by atoms with Gasteiger partial charge >= 0.3 is 5.97 Å². The van der Waals surface area contributed by atoms with E-state index >= 15 is 0 Å². The molecule has 1 aromatic carbocycles. The molecule has 0 unspecified atom stereocenters. The van der Waals surface area contributed by atoms with E-state index < -0.39 is 12.0 Å². The number of rotatable bonds is 5. The third kappa shape index (κ3) is 4.02. The fourth-order valence-electron chi connectivity index (χ4n) is 1.19. The van der Waals surface area contributed by atoms with Crippen LogP contribution in [0.1, 0.15) is 5.56 Å². The van der Waals surface area contributed by atoms with Crippen molar-refractivity contribution in [2.24, 2.45) is 0 Å². The Kier molecular flexibility index (Phi) is 4.98. The van der Waals surface area contributed by atoms with Crippen LogP contribution in [0.4, 0.5) is 0 Å². The smallest absolute Gasteiger partial charge is 0.327 e. The highest BCUT2D eigenvalue weighted by atomic mass is 79.9. The van der Waals surface area contributed by atoms with E-state index in [0.717, 1.165) is 5.56 Å². The molecule has 0 bridgehead atoms. The lowest BCUT2D eigenvalue weighted by molar-refractivity contribution is -0.141. The zero-order chi connectivity index (χ0) is 12.0. The van der Waals surface area contributed by atoms with Crippen LogP contribution in [0.3, 0.4) is 0 Å². The van der Waals surface area contributed by atoms with Gasteiger partial charge in [0.2, 0.25) is 5.91 Å². The number of nitrogens with one attached hydrogen (secondary N) is 1. The van der Waals surface area contributed by atoms with Crippen LogP contribution in [0.5, 0.6) is 0 Å². The second-order valence-electron chi connectivity index (χ2n) is 3.28. The van der Waals surface area contributed by atoms with Crippen molar-refractivity contribution < 1.29 is 14.7 Å². The maximum Gasteiger partial charge on any atom is 0.327 e. The van der Waals surface area contributed by atoms with Gasteiger partial charge in [-0.15, -0.1) is 0 Å². The first-order valence-corrected chi connectivity index (χ1v) is 5.87. The van der Waals surface area contributed by atoms with E-state index in [-0.39, 0.29) is 17.7 Å². The lowest BCUT2D eigenvalue weighted by Gasteiger charge is -2.11. The average molecular weight is 286 g/mol. The molecule has 0 saturated heterocycles. The molecule has 0 aliphatic heterocycles. The molecule has 86 valence electrons. The summed E-state index contributed by atoms with van der Waals surface area (Å²) in [6.45, 7) is 0. The van der Waals surface area contributed by atoms with Gasteiger partial charge in [0.25, 0.3) is 0 Å². The predicted octanol–water partition coefficient (Wildman–Crippen LogP) is 1.19. The van der Waals surface area contributed by atoms with Crippen LogP contribution in [-0.4, -0.2) is 28.4 Å². The minimum absolute atomic E-state index is 0.192. The summed E-state index contributed by atoms with van der Waals surface area (Å²) < 4.78 is 0. The van der Waals surface area contributed by atoms with Crippen molar-refractivity contribution in [2.45, 2.75) is 12.5 Å². The molecule has 1 amide bonds. The van der Waals surface area contributed by atoms with Crippen molar-refractivity contribution in [3.05, 3.63) is 35.9 Å².